The Morgan fingerprint density at radius 2 is 1.83 bits per heavy atom. The van der Waals surface area contributed by atoms with Crippen LogP contribution in [0, 0.1) is 11.6 Å². The largest absolute Gasteiger partial charge is 0.481 e. The highest BCUT2D eigenvalue weighted by molar-refractivity contribution is 5.28. The molecule has 1 aromatic carbocycles. The second-order valence-electron chi connectivity index (χ2n) is 3.71. The summed E-state index contributed by atoms with van der Waals surface area (Å²) in [6.45, 7) is 0. The minimum absolute atomic E-state index is 0.105. The van der Waals surface area contributed by atoms with E-state index in [1.807, 2.05) is 0 Å². The van der Waals surface area contributed by atoms with Gasteiger partial charge in [0.25, 0.3) is 0 Å². The first-order valence-electron chi connectivity index (χ1n) is 5.25. The van der Waals surface area contributed by atoms with E-state index in [1.165, 1.54) is 7.11 Å². The van der Waals surface area contributed by atoms with E-state index in [9.17, 15) is 13.9 Å². The lowest BCUT2D eigenvalue weighted by atomic mass is 10.1. The molecule has 2 aromatic rings. The maximum Gasteiger partial charge on any atom is 0.213 e. The van der Waals surface area contributed by atoms with E-state index in [0.717, 1.165) is 18.2 Å². The second-order valence-corrected chi connectivity index (χ2v) is 3.71. The van der Waals surface area contributed by atoms with Crippen LogP contribution in [0.5, 0.6) is 5.88 Å². The van der Waals surface area contributed by atoms with E-state index in [-0.39, 0.29) is 11.3 Å². The smallest absolute Gasteiger partial charge is 0.213 e. The summed E-state index contributed by atoms with van der Waals surface area (Å²) in [6, 6.07) is 7.68. The number of aliphatic hydroxyl groups excluding tert-OH is 1. The average Bonchev–Trinajstić information content (AvgIpc) is 2.37. The van der Waals surface area contributed by atoms with Crippen LogP contribution in [0.2, 0.25) is 0 Å². The molecule has 94 valence electrons. The normalized spacial score (nSPS) is 12.2. The van der Waals surface area contributed by atoms with Crippen molar-refractivity contribution in [3.63, 3.8) is 0 Å². The summed E-state index contributed by atoms with van der Waals surface area (Å²) >= 11 is 0. The van der Waals surface area contributed by atoms with E-state index < -0.39 is 17.7 Å². The lowest BCUT2D eigenvalue weighted by Gasteiger charge is -2.11. The molecule has 0 aliphatic carbocycles. The van der Waals surface area contributed by atoms with Crippen molar-refractivity contribution in [1.29, 1.82) is 0 Å². The molecule has 5 heteroatoms. The van der Waals surface area contributed by atoms with Gasteiger partial charge in [-0.25, -0.2) is 13.8 Å². The Morgan fingerprint density at radius 3 is 2.44 bits per heavy atom. The fourth-order valence-electron chi connectivity index (χ4n) is 1.60. The van der Waals surface area contributed by atoms with Crippen molar-refractivity contribution in [1.82, 2.24) is 4.98 Å². The lowest BCUT2D eigenvalue weighted by molar-refractivity contribution is 0.212. The molecule has 0 aliphatic rings. The summed E-state index contributed by atoms with van der Waals surface area (Å²) in [7, 11) is 1.44. The maximum atomic E-state index is 13.1. The minimum Gasteiger partial charge on any atom is -0.481 e. The van der Waals surface area contributed by atoms with Crippen LogP contribution >= 0.6 is 0 Å². The number of rotatable bonds is 3. The first kappa shape index (κ1) is 12.4. The number of halogens is 2. The average molecular weight is 251 g/mol. The van der Waals surface area contributed by atoms with Gasteiger partial charge in [-0.3, -0.25) is 0 Å². The zero-order valence-electron chi connectivity index (χ0n) is 9.60. The molecule has 0 saturated heterocycles. The van der Waals surface area contributed by atoms with Gasteiger partial charge < -0.3 is 9.84 Å². The van der Waals surface area contributed by atoms with Crippen molar-refractivity contribution < 1.29 is 18.6 Å². The van der Waals surface area contributed by atoms with Crippen molar-refractivity contribution in [2.45, 2.75) is 6.10 Å². The molecule has 18 heavy (non-hydrogen) atoms. The molecule has 0 spiro atoms. The summed E-state index contributed by atoms with van der Waals surface area (Å²) in [5.41, 5.74) is 0.368. The quantitative estimate of drug-likeness (QED) is 0.911. The fourth-order valence-corrected chi connectivity index (χ4v) is 1.60. The predicted molar refractivity (Wildman–Crippen MR) is 61.2 cm³/mol. The molecule has 1 heterocycles. The standard InChI is InChI=1S/C13H11F2NO2/c1-18-12-4-2-3-11(16-12)13(17)8-5-9(14)7-10(15)6-8/h2-7,13,17H,1H3. The molecule has 0 radical (unpaired) electrons. The number of aromatic nitrogens is 1. The van der Waals surface area contributed by atoms with Crippen molar-refractivity contribution in [3.05, 3.63) is 59.3 Å². The van der Waals surface area contributed by atoms with E-state index >= 15 is 0 Å². The summed E-state index contributed by atoms with van der Waals surface area (Å²) in [6.07, 6.45) is -1.20. The molecule has 1 atom stereocenters. The van der Waals surface area contributed by atoms with Crippen LogP contribution in [0.4, 0.5) is 8.78 Å². The molecule has 0 saturated carbocycles. The third-order valence-corrected chi connectivity index (χ3v) is 2.43. The minimum atomic E-state index is -1.20. The predicted octanol–water partition coefficient (Wildman–Crippen LogP) is 2.45. The van der Waals surface area contributed by atoms with E-state index in [2.05, 4.69) is 4.98 Å². The number of aliphatic hydroxyl groups is 1. The first-order valence-corrected chi connectivity index (χ1v) is 5.25. The summed E-state index contributed by atoms with van der Waals surface area (Å²) in [4.78, 5) is 4.01. The summed E-state index contributed by atoms with van der Waals surface area (Å²) < 4.78 is 31.0. The Kier molecular flexibility index (Phi) is 3.53. The molecule has 0 aliphatic heterocycles. The second kappa shape index (κ2) is 5.10. The van der Waals surface area contributed by atoms with Crippen LogP contribution in [0.15, 0.2) is 36.4 Å². The Hall–Kier alpha value is -2.01. The molecule has 3 nitrogen and oxygen atoms in total. The number of benzene rings is 1. The lowest BCUT2D eigenvalue weighted by Crippen LogP contribution is -2.04. The van der Waals surface area contributed by atoms with Crippen LogP contribution < -0.4 is 4.74 Å². The highest BCUT2D eigenvalue weighted by Gasteiger charge is 2.14. The molecular formula is C13H11F2NO2. The van der Waals surface area contributed by atoms with Gasteiger partial charge >= 0.3 is 0 Å². The van der Waals surface area contributed by atoms with Gasteiger partial charge in [-0.2, -0.15) is 0 Å². The van der Waals surface area contributed by atoms with Crippen LogP contribution in [0.1, 0.15) is 17.4 Å². The number of hydrogen-bond acceptors (Lipinski definition) is 3. The van der Waals surface area contributed by atoms with Crippen LogP contribution in [0.3, 0.4) is 0 Å². The first-order chi connectivity index (χ1) is 8.60. The van der Waals surface area contributed by atoms with Gasteiger partial charge in [-0.1, -0.05) is 6.07 Å². The molecule has 1 N–H and O–H groups in total. The number of ether oxygens (including phenoxy) is 1. The zero-order valence-corrected chi connectivity index (χ0v) is 9.60. The molecular weight excluding hydrogens is 240 g/mol. The van der Waals surface area contributed by atoms with E-state index in [0.29, 0.717) is 5.88 Å². The van der Waals surface area contributed by atoms with Gasteiger partial charge in [-0.05, 0) is 23.8 Å². The van der Waals surface area contributed by atoms with Crippen molar-refractivity contribution in [2.24, 2.45) is 0 Å². The van der Waals surface area contributed by atoms with E-state index in [4.69, 9.17) is 4.74 Å². The monoisotopic (exact) mass is 251 g/mol. The molecule has 0 bridgehead atoms. The van der Waals surface area contributed by atoms with E-state index in [1.54, 1.807) is 18.2 Å². The highest BCUT2D eigenvalue weighted by Crippen LogP contribution is 2.23. The summed E-state index contributed by atoms with van der Waals surface area (Å²) in [5, 5.41) is 10.0. The fraction of sp³-hybridized carbons (Fsp3) is 0.154. The van der Waals surface area contributed by atoms with Crippen LogP contribution in [-0.4, -0.2) is 17.2 Å². The molecule has 1 aromatic heterocycles. The molecule has 2 rings (SSSR count). The molecule has 0 amide bonds. The van der Waals surface area contributed by atoms with Gasteiger partial charge in [0.1, 0.15) is 17.7 Å². The van der Waals surface area contributed by atoms with Gasteiger partial charge in [0, 0.05) is 12.1 Å². The maximum absolute atomic E-state index is 13.1. The number of methoxy groups -OCH3 is 1. The van der Waals surface area contributed by atoms with Crippen molar-refractivity contribution in [3.8, 4) is 5.88 Å². The van der Waals surface area contributed by atoms with Gasteiger partial charge in [0.2, 0.25) is 5.88 Å². The highest BCUT2D eigenvalue weighted by atomic mass is 19.1. The number of nitrogens with zero attached hydrogens (tertiary/aromatic N) is 1. The molecule has 1 unspecified atom stereocenters. The molecule has 0 fully saturated rings. The van der Waals surface area contributed by atoms with Crippen LogP contribution in [-0.2, 0) is 0 Å². The third-order valence-electron chi connectivity index (χ3n) is 2.43. The van der Waals surface area contributed by atoms with Crippen molar-refractivity contribution in [2.75, 3.05) is 7.11 Å². The Bertz CT molecular complexity index is 540. The van der Waals surface area contributed by atoms with Gasteiger partial charge in [0.05, 0.1) is 12.8 Å². The van der Waals surface area contributed by atoms with Gasteiger partial charge in [-0.15, -0.1) is 0 Å². The third kappa shape index (κ3) is 2.62. The topological polar surface area (TPSA) is 42.4 Å². The Morgan fingerprint density at radius 1 is 1.17 bits per heavy atom. The van der Waals surface area contributed by atoms with Crippen LogP contribution in [0.25, 0.3) is 0 Å². The Labute approximate surface area is 103 Å². The Balaban J connectivity index is 2.37. The van der Waals surface area contributed by atoms with Crippen molar-refractivity contribution >= 4 is 0 Å². The van der Waals surface area contributed by atoms with Gasteiger partial charge in [0.15, 0.2) is 0 Å². The zero-order chi connectivity index (χ0) is 13.1. The number of pyridine rings is 1. The SMILES string of the molecule is COc1cccc(C(O)c2cc(F)cc(F)c2)n1. The summed E-state index contributed by atoms with van der Waals surface area (Å²) in [5.74, 6) is -1.16. The number of hydrogen-bond donors (Lipinski definition) is 1.